The topological polar surface area (TPSA) is 110 Å². The number of anilines is 1. The summed E-state index contributed by atoms with van der Waals surface area (Å²) in [6.45, 7) is 3.66. The zero-order chi connectivity index (χ0) is 14.5. The number of nitrogens with two attached hydrogens (primary N) is 1. The number of hydrogen-bond acceptors (Lipinski definition) is 7. The second-order valence-corrected chi connectivity index (χ2v) is 4.26. The van der Waals surface area contributed by atoms with E-state index in [1.54, 1.807) is 11.8 Å². The number of nitrogens with zero attached hydrogens (tertiary/aromatic N) is 3. The summed E-state index contributed by atoms with van der Waals surface area (Å²) < 4.78 is 5.05. The van der Waals surface area contributed by atoms with E-state index in [1.165, 1.54) is 12.4 Å². The van der Waals surface area contributed by atoms with Crippen LogP contribution in [-0.2, 0) is 9.53 Å². The minimum atomic E-state index is -0.672. The molecule has 0 saturated carbocycles. The molecule has 1 unspecified atom stereocenters. The average Bonchev–Trinajstić information content (AvgIpc) is 2.47. The lowest BCUT2D eigenvalue weighted by Gasteiger charge is -2.35. The predicted molar refractivity (Wildman–Crippen MR) is 71.2 cm³/mol. The Bertz CT molecular complexity index is 508. The van der Waals surface area contributed by atoms with Gasteiger partial charge in [0.2, 0.25) is 0 Å². The van der Waals surface area contributed by atoms with Gasteiger partial charge in [0.1, 0.15) is 6.04 Å². The monoisotopic (exact) mass is 279 g/mol. The van der Waals surface area contributed by atoms with Crippen LogP contribution < -0.4 is 16.0 Å². The normalized spacial score (nSPS) is 18.6. The van der Waals surface area contributed by atoms with Crippen LogP contribution in [0.15, 0.2) is 12.4 Å². The summed E-state index contributed by atoms with van der Waals surface area (Å²) in [5.41, 5.74) is 5.36. The molecule has 1 amide bonds. The van der Waals surface area contributed by atoms with Gasteiger partial charge in [0.25, 0.3) is 5.91 Å². The number of esters is 1. The highest BCUT2D eigenvalue weighted by Gasteiger charge is 2.33. The molecule has 2 heterocycles. The molecule has 0 aliphatic carbocycles. The number of carbonyl (C=O) groups is 2. The van der Waals surface area contributed by atoms with Crippen molar-refractivity contribution in [2.75, 3.05) is 31.1 Å². The van der Waals surface area contributed by atoms with Gasteiger partial charge >= 0.3 is 5.97 Å². The maximum atomic E-state index is 12.0. The van der Waals surface area contributed by atoms with E-state index in [9.17, 15) is 9.59 Å². The first-order valence-corrected chi connectivity index (χ1v) is 6.40. The van der Waals surface area contributed by atoms with Gasteiger partial charge in [0.05, 0.1) is 6.61 Å². The van der Waals surface area contributed by atoms with Gasteiger partial charge in [-0.1, -0.05) is 0 Å². The Labute approximate surface area is 116 Å². The summed E-state index contributed by atoms with van der Waals surface area (Å²) in [6.07, 6.45) is 2.86. The fourth-order valence-electron chi connectivity index (χ4n) is 2.12. The van der Waals surface area contributed by atoms with E-state index in [0.717, 1.165) is 0 Å². The maximum absolute atomic E-state index is 12.0. The molecule has 1 aromatic rings. The second-order valence-electron chi connectivity index (χ2n) is 4.26. The van der Waals surface area contributed by atoms with Gasteiger partial charge in [-0.05, 0) is 6.92 Å². The lowest BCUT2D eigenvalue weighted by Crippen LogP contribution is -2.56. The summed E-state index contributed by atoms with van der Waals surface area (Å²) in [6, 6.07) is -0.543. The molecule has 8 heteroatoms. The molecule has 2 rings (SSSR count). The van der Waals surface area contributed by atoms with E-state index in [2.05, 4.69) is 15.3 Å². The van der Waals surface area contributed by atoms with Crippen LogP contribution in [0.5, 0.6) is 0 Å². The fourth-order valence-corrected chi connectivity index (χ4v) is 2.12. The first kappa shape index (κ1) is 14.2. The molecular weight excluding hydrogens is 262 g/mol. The molecule has 1 aliphatic heterocycles. The Balaban J connectivity index is 2.33. The van der Waals surface area contributed by atoms with Gasteiger partial charge in [-0.3, -0.25) is 4.79 Å². The van der Waals surface area contributed by atoms with Crippen molar-refractivity contribution in [1.82, 2.24) is 15.3 Å². The molecular formula is C12H17N5O3. The number of amides is 1. The Morgan fingerprint density at radius 3 is 2.95 bits per heavy atom. The number of rotatable bonds is 4. The molecule has 8 nitrogen and oxygen atoms in total. The quantitative estimate of drug-likeness (QED) is 0.674. The number of piperazine rings is 1. The molecule has 1 fully saturated rings. The van der Waals surface area contributed by atoms with E-state index >= 15 is 0 Å². The van der Waals surface area contributed by atoms with Crippen LogP contribution in [0.3, 0.4) is 0 Å². The minimum absolute atomic E-state index is 0.0590. The van der Waals surface area contributed by atoms with Crippen LogP contribution in [0.2, 0.25) is 0 Å². The lowest BCUT2D eigenvalue weighted by atomic mass is 10.1. The summed E-state index contributed by atoms with van der Waals surface area (Å²) in [4.78, 5) is 33.2. The van der Waals surface area contributed by atoms with Crippen LogP contribution in [0.1, 0.15) is 17.4 Å². The highest BCUT2D eigenvalue weighted by atomic mass is 16.5. The molecule has 0 radical (unpaired) electrons. The average molecular weight is 279 g/mol. The zero-order valence-electron chi connectivity index (χ0n) is 11.2. The van der Waals surface area contributed by atoms with Gasteiger partial charge in [-0.15, -0.1) is 0 Å². The van der Waals surface area contributed by atoms with Crippen molar-refractivity contribution in [3.05, 3.63) is 18.1 Å². The largest absolute Gasteiger partial charge is 0.464 e. The highest BCUT2D eigenvalue weighted by Crippen LogP contribution is 2.19. The Morgan fingerprint density at radius 1 is 1.50 bits per heavy atom. The highest BCUT2D eigenvalue weighted by molar-refractivity contribution is 5.96. The molecule has 1 aromatic heterocycles. The predicted octanol–water partition coefficient (Wildman–Crippen LogP) is -1.08. The Hall–Kier alpha value is -2.22. The first-order chi connectivity index (χ1) is 9.65. The number of carbonyl (C=O) groups excluding carboxylic acids is 2. The number of ether oxygens (including phenoxy) is 1. The molecule has 0 bridgehead atoms. The van der Waals surface area contributed by atoms with Crippen molar-refractivity contribution < 1.29 is 14.3 Å². The Kier molecular flexibility index (Phi) is 4.46. The van der Waals surface area contributed by atoms with Crippen molar-refractivity contribution in [2.24, 2.45) is 5.73 Å². The van der Waals surface area contributed by atoms with Crippen molar-refractivity contribution in [3.8, 4) is 0 Å². The van der Waals surface area contributed by atoms with Gasteiger partial charge < -0.3 is 20.7 Å². The van der Waals surface area contributed by atoms with Crippen LogP contribution in [0, 0.1) is 0 Å². The van der Waals surface area contributed by atoms with E-state index in [4.69, 9.17) is 10.5 Å². The van der Waals surface area contributed by atoms with Gasteiger partial charge in [0.15, 0.2) is 11.5 Å². The van der Waals surface area contributed by atoms with Crippen molar-refractivity contribution in [3.63, 3.8) is 0 Å². The van der Waals surface area contributed by atoms with Gasteiger partial charge in [-0.25, -0.2) is 14.8 Å². The molecule has 108 valence electrons. The standard InChI is InChI=1S/C12H17N5O3/c1-2-20-12(19)8-7-14-5-6-17(8)11-9(10(13)18)15-3-4-16-11/h3-4,8,14H,2,5-7H2,1H3,(H2,13,18). The third-order valence-electron chi connectivity index (χ3n) is 2.99. The maximum Gasteiger partial charge on any atom is 0.330 e. The number of primary amides is 1. The first-order valence-electron chi connectivity index (χ1n) is 6.40. The van der Waals surface area contributed by atoms with Crippen LogP contribution in [0.25, 0.3) is 0 Å². The van der Waals surface area contributed by atoms with E-state index < -0.39 is 11.9 Å². The molecule has 1 aliphatic rings. The van der Waals surface area contributed by atoms with Crippen molar-refractivity contribution >= 4 is 17.7 Å². The fraction of sp³-hybridized carbons (Fsp3) is 0.500. The molecule has 20 heavy (non-hydrogen) atoms. The Morgan fingerprint density at radius 2 is 2.25 bits per heavy atom. The molecule has 0 aromatic carbocycles. The zero-order valence-corrected chi connectivity index (χ0v) is 11.2. The van der Waals surface area contributed by atoms with E-state index in [-0.39, 0.29) is 11.7 Å². The molecule has 0 spiro atoms. The molecule has 1 atom stereocenters. The third kappa shape index (κ3) is 2.85. The molecule has 1 saturated heterocycles. The van der Waals surface area contributed by atoms with E-state index in [1.807, 2.05) is 0 Å². The second kappa shape index (κ2) is 6.29. The summed E-state index contributed by atoms with van der Waals surface area (Å²) in [5, 5.41) is 3.12. The molecule has 3 N–H and O–H groups in total. The summed E-state index contributed by atoms with van der Waals surface area (Å²) >= 11 is 0. The lowest BCUT2D eigenvalue weighted by molar-refractivity contribution is -0.144. The van der Waals surface area contributed by atoms with Crippen LogP contribution >= 0.6 is 0 Å². The summed E-state index contributed by atoms with van der Waals surface area (Å²) in [7, 11) is 0. The van der Waals surface area contributed by atoms with Crippen LogP contribution in [-0.4, -0.2) is 54.1 Å². The van der Waals surface area contributed by atoms with E-state index in [0.29, 0.717) is 32.1 Å². The number of hydrogen-bond donors (Lipinski definition) is 2. The van der Waals surface area contributed by atoms with Gasteiger partial charge in [-0.2, -0.15) is 0 Å². The number of nitrogens with one attached hydrogen (secondary N) is 1. The third-order valence-corrected chi connectivity index (χ3v) is 2.99. The summed E-state index contributed by atoms with van der Waals surface area (Å²) in [5.74, 6) is -0.713. The van der Waals surface area contributed by atoms with Crippen LogP contribution in [0.4, 0.5) is 5.82 Å². The SMILES string of the molecule is CCOC(=O)C1CNCCN1c1nccnc1C(N)=O. The minimum Gasteiger partial charge on any atom is -0.464 e. The van der Waals surface area contributed by atoms with Gasteiger partial charge in [0, 0.05) is 32.0 Å². The smallest absolute Gasteiger partial charge is 0.330 e. The number of aromatic nitrogens is 2. The van der Waals surface area contributed by atoms with Crippen molar-refractivity contribution in [1.29, 1.82) is 0 Å². The van der Waals surface area contributed by atoms with Crippen molar-refractivity contribution in [2.45, 2.75) is 13.0 Å².